The highest BCUT2D eigenvalue weighted by molar-refractivity contribution is 5.98. The van der Waals surface area contributed by atoms with Crippen LogP contribution in [-0.2, 0) is 9.53 Å². The van der Waals surface area contributed by atoms with Crippen LogP contribution in [0.1, 0.15) is 17.3 Å². The zero-order valence-corrected chi connectivity index (χ0v) is 12.3. The van der Waals surface area contributed by atoms with Gasteiger partial charge < -0.3 is 24.8 Å². The second kappa shape index (κ2) is 5.49. The van der Waals surface area contributed by atoms with Gasteiger partial charge in [0.25, 0.3) is 11.8 Å². The van der Waals surface area contributed by atoms with Crippen LogP contribution in [-0.4, -0.2) is 55.2 Å². The van der Waals surface area contributed by atoms with Gasteiger partial charge in [-0.1, -0.05) is 6.07 Å². The summed E-state index contributed by atoms with van der Waals surface area (Å²) < 4.78 is 16.5. The summed E-state index contributed by atoms with van der Waals surface area (Å²) in [6.07, 6.45) is 0. The summed E-state index contributed by atoms with van der Waals surface area (Å²) in [5.74, 6) is 0.201. The number of benzene rings is 1. The van der Waals surface area contributed by atoms with Crippen LogP contribution < -0.4 is 15.2 Å². The first kappa shape index (κ1) is 14.6. The van der Waals surface area contributed by atoms with E-state index in [0.29, 0.717) is 36.8 Å². The Morgan fingerprint density at radius 2 is 2.00 bits per heavy atom. The Bertz CT molecular complexity index is 618. The van der Waals surface area contributed by atoms with Crippen molar-refractivity contribution in [2.24, 2.45) is 5.73 Å². The molecule has 1 aromatic carbocycles. The number of nitrogens with zero attached hydrogens (tertiary/aromatic N) is 1. The summed E-state index contributed by atoms with van der Waals surface area (Å²) in [7, 11) is 0. The van der Waals surface area contributed by atoms with E-state index in [0.717, 1.165) is 0 Å². The quantitative estimate of drug-likeness (QED) is 0.841. The number of hydrogen-bond donors (Lipinski definition) is 1. The average molecular weight is 306 g/mol. The van der Waals surface area contributed by atoms with Crippen molar-refractivity contribution in [3.63, 3.8) is 0 Å². The van der Waals surface area contributed by atoms with E-state index in [9.17, 15) is 9.59 Å². The molecule has 0 saturated carbocycles. The first-order valence-electron chi connectivity index (χ1n) is 7.13. The third-order valence-electron chi connectivity index (χ3n) is 3.88. The Kier molecular flexibility index (Phi) is 3.66. The fraction of sp³-hybridized carbons (Fsp3) is 0.467. The van der Waals surface area contributed by atoms with Crippen LogP contribution in [0.3, 0.4) is 0 Å². The van der Waals surface area contributed by atoms with E-state index in [-0.39, 0.29) is 19.1 Å². The lowest BCUT2D eigenvalue weighted by atomic mass is 10.0. The predicted molar refractivity (Wildman–Crippen MR) is 76.9 cm³/mol. The molecule has 1 fully saturated rings. The van der Waals surface area contributed by atoms with Crippen LogP contribution >= 0.6 is 0 Å². The number of carbonyl (C=O) groups is 2. The summed E-state index contributed by atoms with van der Waals surface area (Å²) in [4.78, 5) is 25.9. The molecule has 3 rings (SSSR count). The molecule has 2 amide bonds. The van der Waals surface area contributed by atoms with Gasteiger partial charge in [-0.05, 0) is 19.1 Å². The lowest BCUT2D eigenvalue weighted by molar-refractivity contribution is -0.150. The van der Waals surface area contributed by atoms with Crippen molar-refractivity contribution in [1.82, 2.24) is 4.90 Å². The fourth-order valence-electron chi connectivity index (χ4n) is 2.60. The van der Waals surface area contributed by atoms with Gasteiger partial charge in [0.1, 0.15) is 13.2 Å². The van der Waals surface area contributed by atoms with E-state index >= 15 is 0 Å². The van der Waals surface area contributed by atoms with E-state index in [4.69, 9.17) is 19.9 Å². The minimum absolute atomic E-state index is 0.117. The molecule has 0 aliphatic carbocycles. The second-order valence-electron chi connectivity index (χ2n) is 5.50. The molecular formula is C15H18N2O5. The molecule has 2 heterocycles. The molecule has 2 N–H and O–H groups in total. The highest BCUT2D eigenvalue weighted by atomic mass is 16.6. The summed E-state index contributed by atoms with van der Waals surface area (Å²) in [6.45, 7) is 3.23. The van der Waals surface area contributed by atoms with Gasteiger partial charge in [0.2, 0.25) is 0 Å². The SMILES string of the molecule is C[C@@]1(C(N)=O)CN(C(=O)c2cccc3c2OCCO3)CCO1. The van der Waals surface area contributed by atoms with Gasteiger partial charge >= 0.3 is 0 Å². The molecule has 2 aliphatic heterocycles. The van der Waals surface area contributed by atoms with Gasteiger partial charge in [0.05, 0.1) is 18.7 Å². The number of amides is 2. The molecule has 0 aromatic heterocycles. The summed E-state index contributed by atoms with van der Waals surface area (Å²) >= 11 is 0. The molecule has 0 spiro atoms. The van der Waals surface area contributed by atoms with E-state index in [1.54, 1.807) is 30.0 Å². The Morgan fingerprint density at radius 3 is 2.77 bits per heavy atom. The largest absolute Gasteiger partial charge is 0.486 e. The Hall–Kier alpha value is -2.28. The summed E-state index contributed by atoms with van der Waals surface area (Å²) in [5, 5.41) is 0. The molecular weight excluding hydrogens is 288 g/mol. The maximum Gasteiger partial charge on any atom is 0.257 e. The zero-order valence-electron chi connectivity index (χ0n) is 12.3. The van der Waals surface area contributed by atoms with Gasteiger partial charge in [0, 0.05) is 6.54 Å². The van der Waals surface area contributed by atoms with E-state index < -0.39 is 11.5 Å². The number of nitrogens with two attached hydrogens (primary N) is 1. The van der Waals surface area contributed by atoms with Crippen LogP contribution in [0, 0.1) is 0 Å². The van der Waals surface area contributed by atoms with Crippen LogP contribution in [0.25, 0.3) is 0 Å². The number of para-hydroxylation sites is 1. The molecule has 0 unspecified atom stereocenters. The van der Waals surface area contributed by atoms with E-state index in [2.05, 4.69) is 0 Å². The van der Waals surface area contributed by atoms with Crippen LogP contribution in [0.5, 0.6) is 11.5 Å². The molecule has 1 aromatic rings. The van der Waals surface area contributed by atoms with Crippen molar-refractivity contribution in [2.45, 2.75) is 12.5 Å². The summed E-state index contributed by atoms with van der Waals surface area (Å²) in [6, 6.07) is 5.19. The van der Waals surface area contributed by atoms with E-state index in [1.807, 2.05) is 0 Å². The molecule has 22 heavy (non-hydrogen) atoms. The van der Waals surface area contributed by atoms with Crippen molar-refractivity contribution in [1.29, 1.82) is 0 Å². The smallest absolute Gasteiger partial charge is 0.257 e. The number of rotatable bonds is 2. The summed E-state index contributed by atoms with van der Waals surface area (Å²) in [5.41, 5.74) is 4.62. The van der Waals surface area contributed by atoms with Crippen molar-refractivity contribution < 1.29 is 23.8 Å². The third-order valence-corrected chi connectivity index (χ3v) is 3.88. The van der Waals surface area contributed by atoms with Crippen molar-refractivity contribution in [3.05, 3.63) is 23.8 Å². The van der Waals surface area contributed by atoms with Crippen molar-refractivity contribution in [2.75, 3.05) is 32.9 Å². The third kappa shape index (κ3) is 2.48. The first-order valence-corrected chi connectivity index (χ1v) is 7.13. The normalized spacial score (nSPS) is 24.0. The maximum absolute atomic E-state index is 12.8. The van der Waals surface area contributed by atoms with Crippen LogP contribution in [0.2, 0.25) is 0 Å². The molecule has 1 saturated heterocycles. The highest BCUT2D eigenvalue weighted by Crippen LogP contribution is 2.34. The van der Waals surface area contributed by atoms with E-state index in [1.165, 1.54) is 0 Å². The zero-order chi connectivity index (χ0) is 15.7. The molecule has 2 aliphatic rings. The molecule has 7 heteroatoms. The molecule has 7 nitrogen and oxygen atoms in total. The van der Waals surface area contributed by atoms with Crippen LogP contribution in [0.15, 0.2) is 18.2 Å². The fourth-order valence-corrected chi connectivity index (χ4v) is 2.60. The Labute approximate surface area is 127 Å². The Morgan fingerprint density at radius 1 is 1.23 bits per heavy atom. The highest BCUT2D eigenvalue weighted by Gasteiger charge is 2.40. The molecule has 0 radical (unpaired) electrons. The molecule has 118 valence electrons. The topological polar surface area (TPSA) is 91.1 Å². The van der Waals surface area contributed by atoms with Gasteiger partial charge in [-0.2, -0.15) is 0 Å². The van der Waals surface area contributed by atoms with Gasteiger partial charge in [-0.15, -0.1) is 0 Å². The van der Waals surface area contributed by atoms with Crippen molar-refractivity contribution in [3.8, 4) is 11.5 Å². The first-order chi connectivity index (χ1) is 10.5. The van der Waals surface area contributed by atoms with Crippen LogP contribution in [0.4, 0.5) is 0 Å². The number of hydrogen-bond acceptors (Lipinski definition) is 5. The lowest BCUT2D eigenvalue weighted by Gasteiger charge is -2.38. The Balaban J connectivity index is 1.87. The number of primary amides is 1. The minimum Gasteiger partial charge on any atom is -0.486 e. The number of carbonyl (C=O) groups excluding carboxylic acids is 2. The van der Waals surface area contributed by atoms with Gasteiger partial charge in [-0.25, -0.2) is 0 Å². The molecule has 1 atom stereocenters. The maximum atomic E-state index is 12.8. The standard InChI is InChI=1S/C15H18N2O5/c1-15(14(16)19)9-17(5-6-22-15)13(18)10-3-2-4-11-12(10)21-8-7-20-11/h2-4H,5-9H2,1H3,(H2,16,19)/t15-/m0/s1. The lowest BCUT2D eigenvalue weighted by Crippen LogP contribution is -2.58. The van der Waals surface area contributed by atoms with Gasteiger partial charge in [-0.3, -0.25) is 9.59 Å². The van der Waals surface area contributed by atoms with Crippen molar-refractivity contribution >= 4 is 11.8 Å². The number of fused-ring (bicyclic) bond motifs is 1. The predicted octanol–water partition coefficient (Wildman–Crippen LogP) is 0.174. The minimum atomic E-state index is -1.17. The van der Waals surface area contributed by atoms with Gasteiger partial charge in [0.15, 0.2) is 17.1 Å². The average Bonchev–Trinajstić information content (AvgIpc) is 2.53. The number of ether oxygens (including phenoxy) is 3. The second-order valence-corrected chi connectivity index (χ2v) is 5.50. The monoisotopic (exact) mass is 306 g/mol. The molecule has 0 bridgehead atoms. The number of morpholine rings is 1.